The Labute approximate surface area is 118 Å². The van der Waals surface area contributed by atoms with Crippen LogP contribution in [0.2, 0.25) is 0 Å². The van der Waals surface area contributed by atoms with Crippen LogP contribution in [-0.4, -0.2) is 12.0 Å². The minimum atomic E-state index is -0.448. The molecular weight excluding hydrogens is 312 g/mol. The van der Waals surface area contributed by atoms with Gasteiger partial charge in [-0.25, -0.2) is 0 Å². The number of anilines is 1. The van der Waals surface area contributed by atoms with Crippen molar-refractivity contribution < 1.29 is 9.66 Å². The van der Waals surface area contributed by atoms with E-state index < -0.39 is 4.92 Å². The summed E-state index contributed by atoms with van der Waals surface area (Å²) >= 11 is 3.26. The number of non-ortho nitro benzene ring substituents is 1. The topological polar surface area (TPSA) is 64.4 Å². The van der Waals surface area contributed by atoms with Crippen molar-refractivity contribution in [2.24, 2.45) is 0 Å². The third kappa shape index (κ3) is 3.23. The maximum absolute atomic E-state index is 10.6. The molecule has 0 atom stereocenters. The van der Waals surface area contributed by atoms with Crippen molar-refractivity contribution >= 4 is 27.3 Å². The van der Waals surface area contributed by atoms with Gasteiger partial charge < -0.3 is 10.1 Å². The van der Waals surface area contributed by atoms with Gasteiger partial charge in [0.1, 0.15) is 11.5 Å². The van der Waals surface area contributed by atoms with Crippen molar-refractivity contribution in [3.63, 3.8) is 0 Å². The second-order valence-electron chi connectivity index (χ2n) is 3.75. The Kier molecular flexibility index (Phi) is 4.01. The zero-order valence-corrected chi connectivity index (χ0v) is 11.7. The Morgan fingerprint density at radius 3 is 2.42 bits per heavy atom. The summed E-state index contributed by atoms with van der Waals surface area (Å²) in [6.45, 7) is 0. The zero-order valence-electron chi connectivity index (χ0n) is 10.1. The van der Waals surface area contributed by atoms with E-state index in [-0.39, 0.29) is 5.69 Å². The molecule has 0 aromatic heterocycles. The van der Waals surface area contributed by atoms with Gasteiger partial charge in [0.05, 0.1) is 9.40 Å². The SMILES string of the molecule is CNc1ccc(Oc2ccc([N+](=O)[O-])cc2Br)cc1. The largest absolute Gasteiger partial charge is 0.456 e. The first-order chi connectivity index (χ1) is 9.10. The van der Waals surface area contributed by atoms with Gasteiger partial charge >= 0.3 is 0 Å². The predicted molar refractivity (Wildman–Crippen MR) is 76.9 cm³/mol. The van der Waals surface area contributed by atoms with Gasteiger partial charge in [0.15, 0.2) is 0 Å². The Bertz CT molecular complexity index is 599. The average molecular weight is 323 g/mol. The lowest BCUT2D eigenvalue weighted by Gasteiger charge is -2.08. The van der Waals surface area contributed by atoms with Gasteiger partial charge in [-0.1, -0.05) is 0 Å². The summed E-state index contributed by atoms with van der Waals surface area (Å²) in [7, 11) is 1.84. The number of hydrogen-bond donors (Lipinski definition) is 1. The molecule has 0 saturated heterocycles. The van der Waals surface area contributed by atoms with Gasteiger partial charge in [-0.2, -0.15) is 0 Å². The molecule has 0 radical (unpaired) electrons. The van der Waals surface area contributed by atoms with E-state index >= 15 is 0 Å². The number of nitro benzene ring substituents is 1. The number of halogens is 1. The van der Waals surface area contributed by atoms with Crippen molar-refractivity contribution in [2.45, 2.75) is 0 Å². The number of nitrogens with zero attached hydrogens (tertiary/aromatic N) is 1. The molecule has 5 nitrogen and oxygen atoms in total. The van der Waals surface area contributed by atoms with Gasteiger partial charge in [0, 0.05) is 24.9 Å². The second kappa shape index (κ2) is 5.71. The Morgan fingerprint density at radius 1 is 1.21 bits per heavy atom. The van der Waals surface area contributed by atoms with Crippen LogP contribution in [0.25, 0.3) is 0 Å². The van der Waals surface area contributed by atoms with Crippen LogP contribution in [-0.2, 0) is 0 Å². The number of benzene rings is 2. The molecule has 0 spiro atoms. The minimum absolute atomic E-state index is 0.0183. The third-order valence-electron chi connectivity index (χ3n) is 2.50. The molecule has 2 aromatic rings. The molecule has 0 amide bonds. The number of rotatable bonds is 4. The monoisotopic (exact) mass is 322 g/mol. The molecule has 98 valence electrons. The Balaban J connectivity index is 2.20. The van der Waals surface area contributed by atoms with E-state index in [1.54, 1.807) is 6.07 Å². The lowest BCUT2D eigenvalue weighted by molar-refractivity contribution is -0.384. The van der Waals surface area contributed by atoms with Gasteiger partial charge in [-0.3, -0.25) is 10.1 Å². The van der Waals surface area contributed by atoms with Crippen molar-refractivity contribution in [3.05, 3.63) is 57.1 Å². The predicted octanol–water partition coefficient (Wildman–Crippen LogP) is 4.19. The molecule has 0 saturated carbocycles. The van der Waals surface area contributed by atoms with Crippen LogP contribution >= 0.6 is 15.9 Å². The molecule has 6 heteroatoms. The summed E-state index contributed by atoms with van der Waals surface area (Å²) in [4.78, 5) is 10.2. The van der Waals surface area contributed by atoms with E-state index in [0.29, 0.717) is 16.0 Å². The summed E-state index contributed by atoms with van der Waals surface area (Å²) in [5.74, 6) is 1.19. The molecule has 1 N–H and O–H groups in total. The van der Waals surface area contributed by atoms with Crippen LogP contribution in [0.4, 0.5) is 11.4 Å². The van der Waals surface area contributed by atoms with Gasteiger partial charge in [0.25, 0.3) is 5.69 Å². The van der Waals surface area contributed by atoms with Crippen LogP contribution < -0.4 is 10.1 Å². The van der Waals surface area contributed by atoms with Gasteiger partial charge in [0.2, 0.25) is 0 Å². The molecule has 0 unspecified atom stereocenters. The molecule has 0 aliphatic rings. The highest BCUT2D eigenvalue weighted by Gasteiger charge is 2.10. The summed E-state index contributed by atoms with van der Waals surface area (Å²) in [6, 6.07) is 11.8. The molecule has 2 aromatic carbocycles. The van der Waals surface area contributed by atoms with Crippen molar-refractivity contribution in [1.29, 1.82) is 0 Å². The lowest BCUT2D eigenvalue weighted by Crippen LogP contribution is -1.91. The zero-order chi connectivity index (χ0) is 13.8. The molecule has 0 aliphatic carbocycles. The summed E-state index contributed by atoms with van der Waals surface area (Å²) in [6.07, 6.45) is 0. The molecule has 0 aliphatic heterocycles. The second-order valence-corrected chi connectivity index (χ2v) is 4.60. The van der Waals surface area contributed by atoms with Crippen LogP contribution in [0.15, 0.2) is 46.9 Å². The molecule has 2 rings (SSSR count). The fourth-order valence-corrected chi connectivity index (χ4v) is 1.95. The van der Waals surface area contributed by atoms with E-state index in [2.05, 4.69) is 21.2 Å². The maximum Gasteiger partial charge on any atom is 0.270 e. The highest BCUT2D eigenvalue weighted by atomic mass is 79.9. The number of ether oxygens (including phenoxy) is 1. The molecule has 19 heavy (non-hydrogen) atoms. The average Bonchev–Trinajstić information content (AvgIpc) is 2.41. The van der Waals surface area contributed by atoms with Crippen molar-refractivity contribution in [1.82, 2.24) is 0 Å². The molecule has 0 fully saturated rings. The highest BCUT2D eigenvalue weighted by molar-refractivity contribution is 9.10. The van der Waals surface area contributed by atoms with Gasteiger partial charge in [-0.05, 0) is 46.3 Å². The smallest absolute Gasteiger partial charge is 0.270 e. The van der Waals surface area contributed by atoms with Crippen LogP contribution in [0.3, 0.4) is 0 Å². The van der Waals surface area contributed by atoms with E-state index in [0.717, 1.165) is 5.69 Å². The molecule has 0 bridgehead atoms. The molecule has 0 heterocycles. The highest BCUT2D eigenvalue weighted by Crippen LogP contribution is 2.32. The summed E-state index contributed by atoms with van der Waals surface area (Å²) < 4.78 is 6.19. The van der Waals surface area contributed by atoms with E-state index in [4.69, 9.17) is 4.74 Å². The standard InChI is InChI=1S/C13H11BrN2O3/c1-15-9-2-5-11(6-3-9)19-13-7-4-10(16(17)18)8-12(13)14/h2-8,15H,1H3. The summed E-state index contributed by atoms with van der Waals surface area (Å²) in [5, 5.41) is 13.6. The first kappa shape index (κ1) is 13.4. The van der Waals surface area contributed by atoms with E-state index in [1.165, 1.54) is 12.1 Å². The van der Waals surface area contributed by atoms with Crippen LogP contribution in [0.1, 0.15) is 0 Å². The quantitative estimate of drug-likeness (QED) is 0.677. The van der Waals surface area contributed by atoms with E-state index in [9.17, 15) is 10.1 Å². The molecular formula is C13H11BrN2O3. The fraction of sp³-hybridized carbons (Fsp3) is 0.0769. The lowest BCUT2D eigenvalue weighted by atomic mass is 10.3. The van der Waals surface area contributed by atoms with Crippen molar-refractivity contribution in [2.75, 3.05) is 12.4 Å². The first-order valence-corrected chi connectivity index (χ1v) is 6.29. The van der Waals surface area contributed by atoms with E-state index in [1.807, 2.05) is 31.3 Å². The Hall–Kier alpha value is -2.08. The van der Waals surface area contributed by atoms with Crippen molar-refractivity contribution in [3.8, 4) is 11.5 Å². The third-order valence-corrected chi connectivity index (χ3v) is 3.12. The number of nitrogens with one attached hydrogen (secondary N) is 1. The Morgan fingerprint density at radius 2 is 1.89 bits per heavy atom. The maximum atomic E-state index is 10.6. The fourth-order valence-electron chi connectivity index (χ4n) is 1.50. The minimum Gasteiger partial charge on any atom is -0.456 e. The van der Waals surface area contributed by atoms with Crippen LogP contribution in [0.5, 0.6) is 11.5 Å². The summed E-state index contributed by atoms with van der Waals surface area (Å²) in [5.41, 5.74) is 1.000. The normalized spacial score (nSPS) is 10.0. The van der Waals surface area contributed by atoms with Crippen LogP contribution in [0, 0.1) is 10.1 Å². The van der Waals surface area contributed by atoms with Gasteiger partial charge in [-0.15, -0.1) is 0 Å². The number of hydrogen-bond acceptors (Lipinski definition) is 4. The number of nitro groups is 1. The first-order valence-electron chi connectivity index (χ1n) is 5.50.